The van der Waals surface area contributed by atoms with Gasteiger partial charge < -0.3 is 16.0 Å². The monoisotopic (exact) mass is 680 g/mol. The number of carbonyl (C=O) groups is 2. The van der Waals surface area contributed by atoms with E-state index in [1.807, 2.05) is 36.4 Å². The van der Waals surface area contributed by atoms with E-state index in [0.29, 0.717) is 18.0 Å². The molecule has 9 heteroatoms. The van der Waals surface area contributed by atoms with E-state index in [0.717, 1.165) is 60.3 Å². The van der Waals surface area contributed by atoms with Gasteiger partial charge >= 0.3 is 0 Å². The molecule has 0 aliphatic carbocycles. The third kappa shape index (κ3) is 10.1. The lowest BCUT2D eigenvalue weighted by Gasteiger charge is -2.42. The van der Waals surface area contributed by atoms with Crippen molar-refractivity contribution in [3.63, 3.8) is 0 Å². The summed E-state index contributed by atoms with van der Waals surface area (Å²) in [4.78, 5) is 30.0. The van der Waals surface area contributed by atoms with E-state index in [1.165, 1.54) is 5.56 Å². The molecule has 5 rings (SSSR count). The van der Waals surface area contributed by atoms with Crippen molar-refractivity contribution in [2.24, 2.45) is 5.73 Å². The molecule has 0 aromatic heterocycles. The summed E-state index contributed by atoms with van der Waals surface area (Å²) in [5.41, 5.74) is 12.0. The molecule has 6 nitrogen and oxygen atoms in total. The standard InChI is InChI=1S/C37H41ClN4O2.2ClH/c1-27(30-11-7-12-31(23-30)35-13-6-5-10-32(35)24-40-25-36(39)43)42(37(44)22-28-14-16-33(38)17-15-28)34-18-20-41(21-19-34)26-29-8-3-2-4-9-29;;/h2-17,23,27,34,40H,18-22,24-26H2,1H3,(H2,39,43);2*1H. The van der Waals surface area contributed by atoms with Gasteiger partial charge in [-0.3, -0.25) is 14.5 Å². The number of primary amides is 1. The van der Waals surface area contributed by atoms with Crippen molar-refractivity contribution in [3.8, 4) is 11.1 Å². The summed E-state index contributed by atoms with van der Waals surface area (Å²) in [5.74, 6) is -0.254. The van der Waals surface area contributed by atoms with Crippen LogP contribution in [0.4, 0.5) is 0 Å². The highest BCUT2D eigenvalue weighted by Crippen LogP contribution is 2.32. The van der Waals surface area contributed by atoms with Crippen LogP contribution in [0.3, 0.4) is 0 Å². The van der Waals surface area contributed by atoms with E-state index in [4.69, 9.17) is 17.3 Å². The van der Waals surface area contributed by atoms with Crippen molar-refractivity contribution >= 4 is 48.2 Å². The number of benzene rings is 4. The maximum atomic E-state index is 14.1. The zero-order chi connectivity index (χ0) is 30.9. The highest BCUT2D eigenvalue weighted by Gasteiger charge is 2.32. The van der Waals surface area contributed by atoms with Crippen molar-refractivity contribution in [2.45, 2.75) is 51.4 Å². The molecule has 1 heterocycles. The minimum absolute atomic E-state index is 0. The first-order valence-corrected chi connectivity index (χ1v) is 15.7. The molecule has 1 fully saturated rings. The summed E-state index contributed by atoms with van der Waals surface area (Å²) < 4.78 is 0. The van der Waals surface area contributed by atoms with E-state index < -0.39 is 0 Å². The lowest BCUT2D eigenvalue weighted by atomic mass is 9.93. The van der Waals surface area contributed by atoms with Crippen molar-refractivity contribution in [3.05, 3.63) is 130 Å². The molecule has 1 atom stereocenters. The summed E-state index contributed by atoms with van der Waals surface area (Å²) in [6, 6.07) is 34.9. The normalized spacial score (nSPS) is 14.0. The number of nitrogens with one attached hydrogen (secondary N) is 1. The first-order valence-electron chi connectivity index (χ1n) is 15.4. The highest BCUT2D eigenvalue weighted by atomic mass is 35.5. The Balaban J connectivity index is 0.00000288. The Hall–Kier alpha value is -3.39. The second-order valence-electron chi connectivity index (χ2n) is 11.6. The average molecular weight is 682 g/mol. The molecule has 3 N–H and O–H groups in total. The quantitative estimate of drug-likeness (QED) is 0.166. The number of carbonyl (C=O) groups excluding carboxylic acids is 2. The van der Waals surface area contributed by atoms with Gasteiger partial charge in [-0.1, -0.05) is 96.5 Å². The molecule has 244 valence electrons. The Morgan fingerprint density at radius 3 is 2.26 bits per heavy atom. The fraction of sp³-hybridized carbons (Fsp3) is 0.297. The summed E-state index contributed by atoms with van der Waals surface area (Å²) in [6.45, 7) is 5.63. The van der Waals surface area contributed by atoms with Gasteiger partial charge in [0.2, 0.25) is 11.8 Å². The Labute approximate surface area is 290 Å². The Morgan fingerprint density at radius 1 is 0.891 bits per heavy atom. The molecule has 1 aliphatic heterocycles. The third-order valence-corrected chi connectivity index (χ3v) is 8.74. The van der Waals surface area contributed by atoms with E-state index in [1.54, 1.807) is 0 Å². The van der Waals surface area contributed by atoms with Gasteiger partial charge in [0.25, 0.3) is 0 Å². The van der Waals surface area contributed by atoms with Gasteiger partial charge in [-0.2, -0.15) is 0 Å². The average Bonchev–Trinajstić information content (AvgIpc) is 3.04. The number of hydrogen-bond acceptors (Lipinski definition) is 4. The van der Waals surface area contributed by atoms with Crippen LogP contribution in [0.5, 0.6) is 0 Å². The second-order valence-corrected chi connectivity index (χ2v) is 12.1. The molecule has 0 saturated carbocycles. The van der Waals surface area contributed by atoms with Gasteiger partial charge in [0, 0.05) is 37.2 Å². The van der Waals surface area contributed by atoms with Crippen LogP contribution in [0.2, 0.25) is 5.02 Å². The van der Waals surface area contributed by atoms with Crippen LogP contribution in [0.25, 0.3) is 11.1 Å². The predicted molar refractivity (Wildman–Crippen MR) is 192 cm³/mol. The number of likely N-dealkylation sites (tertiary alicyclic amines) is 1. The molecule has 46 heavy (non-hydrogen) atoms. The van der Waals surface area contributed by atoms with Crippen LogP contribution in [0.1, 0.15) is 48.1 Å². The summed E-state index contributed by atoms with van der Waals surface area (Å²) in [6.07, 6.45) is 2.19. The Morgan fingerprint density at radius 2 is 1.57 bits per heavy atom. The number of halogens is 3. The van der Waals surface area contributed by atoms with Crippen molar-refractivity contribution in [2.75, 3.05) is 19.6 Å². The number of nitrogens with zero attached hydrogens (tertiary/aromatic N) is 2. The zero-order valence-electron chi connectivity index (χ0n) is 26.1. The molecule has 1 aliphatic rings. The molecular weight excluding hydrogens is 639 g/mol. The molecule has 0 radical (unpaired) electrons. The van der Waals surface area contributed by atoms with E-state index >= 15 is 0 Å². The molecule has 1 saturated heterocycles. The summed E-state index contributed by atoms with van der Waals surface area (Å²) >= 11 is 6.13. The minimum atomic E-state index is -0.382. The van der Waals surface area contributed by atoms with Crippen LogP contribution in [-0.2, 0) is 29.1 Å². The summed E-state index contributed by atoms with van der Waals surface area (Å²) in [7, 11) is 0. The van der Waals surface area contributed by atoms with Crippen LogP contribution in [-0.4, -0.2) is 47.3 Å². The molecule has 2 amide bonds. The lowest BCUT2D eigenvalue weighted by Crippen LogP contribution is -2.48. The molecular formula is C37H43Cl3N4O2. The number of amides is 2. The number of hydrogen-bond donors (Lipinski definition) is 2. The van der Waals surface area contributed by atoms with Crippen LogP contribution in [0.15, 0.2) is 103 Å². The van der Waals surface area contributed by atoms with E-state index in [-0.39, 0.29) is 55.3 Å². The zero-order valence-corrected chi connectivity index (χ0v) is 28.5. The van der Waals surface area contributed by atoms with Crippen LogP contribution < -0.4 is 11.1 Å². The lowest BCUT2D eigenvalue weighted by molar-refractivity contribution is -0.136. The number of rotatable bonds is 12. The Bertz CT molecular complexity index is 1540. The van der Waals surface area contributed by atoms with Gasteiger partial charge in [-0.05, 0) is 71.3 Å². The smallest absolute Gasteiger partial charge is 0.231 e. The molecule has 1 unspecified atom stereocenters. The minimum Gasteiger partial charge on any atom is -0.369 e. The largest absolute Gasteiger partial charge is 0.369 e. The molecule has 4 aromatic carbocycles. The molecule has 4 aromatic rings. The van der Waals surface area contributed by atoms with Gasteiger partial charge in [0.15, 0.2) is 0 Å². The number of nitrogens with two attached hydrogens (primary N) is 1. The third-order valence-electron chi connectivity index (χ3n) is 8.49. The topological polar surface area (TPSA) is 78.7 Å². The van der Waals surface area contributed by atoms with Gasteiger partial charge in [0.1, 0.15) is 0 Å². The maximum absolute atomic E-state index is 14.1. The molecule has 0 bridgehead atoms. The van der Waals surface area contributed by atoms with E-state index in [2.05, 4.69) is 88.8 Å². The van der Waals surface area contributed by atoms with Gasteiger partial charge in [0.05, 0.1) is 19.0 Å². The van der Waals surface area contributed by atoms with Crippen molar-refractivity contribution in [1.82, 2.24) is 15.1 Å². The number of piperidine rings is 1. The fourth-order valence-electron chi connectivity index (χ4n) is 6.20. The van der Waals surface area contributed by atoms with Crippen LogP contribution in [0, 0.1) is 0 Å². The Kier molecular flexibility index (Phi) is 14.6. The van der Waals surface area contributed by atoms with E-state index in [9.17, 15) is 9.59 Å². The second kappa shape index (κ2) is 18.1. The van der Waals surface area contributed by atoms with Crippen LogP contribution >= 0.6 is 36.4 Å². The maximum Gasteiger partial charge on any atom is 0.231 e. The first-order chi connectivity index (χ1) is 21.4. The highest BCUT2D eigenvalue weighted by molar-refractivity contribution is 6.30. The van der Waals surface area contributed by atoms with Gasteiger partial charge in [-0.15, -0.1) is 24.8 Å². The first kappa shape index (κ1) is 37.1. The molecule has 0 spiro atoms. The van der Waals surface area contributed by atoms with Crippen molar-refractivity contribution in [1.29, 1.82) is 0 Å². The summed E-state index contributed by atoms with van der Waals surface area (Å²) in [5, 5.41) is 3.80. The van der Waals surface area contributed by atoms with Gasteiger partial charge in [-0.25, -0.2) is 0 Å². The SMILES string of the molecule is CC(c1cccc(-c2ccccc2CNCC(N)=O)c1)N(C(=O)Cc1ccc(Cl)cc1)C1CCN(Cc2ccccc2)CC1.Cl.Cl. The van der Waals surface area contributed by atoms with Crippen molar-refractivity contribution < 1.29 is 9.59 Å². The predicted octanol–water partition coefficient (Wildman–Crippen LogP) is 7.22. The fourth-order valence-corrected chi connectivity index (χ4v) is 6.33.